The van der Waals surface area contributed by atoms with E-state index in [1.807, 2.05) is 18.2 Å². The maximum atomic E-state index is 9.04. The second-order valence-electron chi connectivity index (χ2n) is 5.60. The Bertz CT molecular complexity index is 681. The van der Waals surface area contributed by atoms with E-state index in [9.17, 15) is 0 Å². The van der Waals surface area contributed by atoms with Gasteiger partial charge in [-0.05, 0) is 66.6 Å². The number of anilines is 1. The molecular weight excluding hydrogens is 513 g/mol. The molecule has 0 unspecified atom stereocenters. The Balaban J connectivity index is 0.000000428. The highest BCUT2D eigenvalue weighted by Gasteiger charge is 1.99. The summed E-state index contributed by atoms with van der Waals surface area (Å²) in [7, 11) is 0. The number of carbonyl (C=O) groups excluding carboxylic acids is 1. The van der Waals surface area contributed by atoms with Gasteiger partial charge in [-0.25, -0.2) is 0 Å². The predicted molar refractivity (Wildman–Crippen MR) is 127 cm³/mol. The molecule has 0 aromatic heterocycles. The highest BCUT2D eigenvalue weighted by Crippen LogP contribution is 2.20. The molecule has 0 radical (unpaired) electrons. The number of nitrogens with two attached hydrogens (primary N) is 1. The molecule has 27 heavy (non-hydrogen) atoms. The summed E-state index contributed by atoms with van der Waals surface area (Å²) < 4.78 is 2.36. The van der Waals surface area contributed by atoms with Crippen LogP contribution in [0, 0.1) is 0 Å². The first-order valence-electron chi connectivity index (χ1n) is 8.80. The van der Waals surface area contributed by atoms with Gasteiger partial charge in [0.2, 0.25) is 0 Å². The van der Waals surface area contributed by atoms with Gasteiger partial charge < -0.3 is 10.5 Å². The molecule has 6 heteroatoms. The van der Waals surface area contributed by atoms with Crippen molar-refractivity contribution in [1.82, 2.24) is 0 Å². The average Bonchev–Trinajstić information content (AvgIpc) is 2.69. The van der Waals surface area contributed by atoms with Crippen LogP contribution in [0.25, 0.3) is 0 Å². The van der Waals surface area contributed by atoms with Gasteiger partial charge in [0.05, 0.1) is 5.88 Å². The monoisotopic (exact) mass is 537 g/mol. The van der Waals surface area contributed by atoms with E-state index in [4.69, 9.17) is 33.7 Å². The molecule has 0 aliphatic heterocycles. The van der Waals surface area contributed by atoms with Crippen LogP contribution in [0.4, 0.5) is 5.69 Å². The topological polar surface area (TPSA) is 43.1 Å². The molecule has 0 fully saturated rings. The molecule has 2 rings (SSSR count). The molecular formula is C21H27Br2Cl2NO. The minimum atomic E-state index is 0.111. The lowest BCUT2D eigenvalue weighted by Gasteiger charge is -2.04. The van der Waals surface area contributed by atoms with Crippen LogP contribution in [0.3, 0.4) is 0 Å². The van der Waals surface area contributed by atoms with Gasteiger partial charge in [-0.3, -0.25) is 0 Å². The molecule has 0 aliphatic rings. The van der Waals surface area contributed by atoms with Gasteiger partial charge in [0.1, 0.15) is 6.29 Å². The first kappa shape index (κ1) is 26.4. The van der Waals surface area contributed by atoms with Crippen LogP contribution in [-0.4, -0.2) is 18.0 Å². The molecule has 0 heterocycles. The van der Waals surface area contributed by atoms with E-state index >= 15 is 0 Å². The van der Waals surface area contributed by atoms with E-state index < -0.39 is 0 Å². The van der Waals surface area contributed by atoms with Crippen molar-refractivity contribution >= 4 is 67.0 Å². The summed E-state index contributed by atoms with van der Waals surface area (Å²) >= 11 is 17.4. The second-order valence-corrected chi connectivity index (χ2v) is 7.99. The van der Waals surface area contributed by atoms with Crippen molar-refractivity contribution in [2.45, 2.75) is 39.5 Å². The fourth-order valence-electron chi connectivity index (χ4n) is 2.19. The first-order chi connectivity index (χ1) is 12.9. The Morgan fingerprint density at radius 3 is 1.93 bits per heavy atom. The first-order valence-corrected chi connectivity index (χ1v) is 11.5. The van der Waals surface area contributed by atoms with Crippen molar-refractivity contribution in [3.05, 3.63) is 62.0 Å². The van der Waals surface area contributed by atoms with Crippen molar-refractivity contribution < 1.29 is 4.79 Å². The van der Waals surface area contributed by atoms with Crippen LogP contribution in [0.1, 0.15) is 37.0 Å². The molecule has 2 aromatic carbocycles. The number of carbonyl (C=O) groups is 1. The lowest BCUT2D eigenvalue weighted by atomic mass is 10.1. The van der Waals surface area contributed by atoms with Crippen molar-refractivity contribution in [3.63, 3.8) is 0 Å². The summed E-state index contributed by atoms with van der Waals surface area (Å²) in [6, 6.07) is 12.4. The highest BCUT2D eigenvalue weighted by atomic mass is 79.9. The van der Waals surface area contributed by atoms with Gasteiger partial charge >= 0.3 is 0 Å². The number of hydrogen-bond acceptors (Lipinski definition) is 2. The Kier molecular flexibility index (Phi) is 16.1. The number of aldehydes is 1. The number of halogens is 4. The van der Waals surface area contributed by atoms with E-state index in [0.717, 1.165) is 41.7 Å². The van der Waals surface area contributed by atoms with Gasteiger partial charge in [0, 0.05) is 20.5 Å². The van der Waals surface area contributed by atoms with Crippen molar-refractivity contribution in [2.24, 2.45) is 0 Å². The minimum Gasteiger partial charge on any atom is -0.399 e. The third-order valence-electron chi connectivity index (χ3n) is 3.60. The zero-order valence-electron chi connectivity index (χ0n) is 15.8. The lowest BCUT2D eigenvalue weighted by Crippen LogP contribution is -1.90. The lowest BCUT2D eigenvalue weighted by molar-refractivity contribution is -0.105. The molecule has 2 nitrogen and oxygen atoms in total. The van der Waals surface area contributed by atoms with E-state index in [-0.39, 0.29) is 5.88 Å². The number of alkyl halides is 2. The van der Waals surface area contributed by atoms with Crippen LogP contribution < -0.4 is 5.73 Å². The Morgan fingerprint density at radius 2 is 1.48 bits per heavy atom. The predicted octanol–water partition coefficient (Wildman–Crippen LogP) is 7.20. The third kappa shape index (κ3) is 11.8. The minimum absolute atomic E-state index is 0.111. The van der Waals surface area contributed by atoms with E-state index in [0.29, 0.717) is 6.29 Å². The van der Waals surface area contributed by atoms with Crippen molar-refractivity contribution in [3.8, 4) is 0 Å². The highest BCUT2D eigenvalue weighted by molar-refractivity contribution is 9.10. The van der Waals surface area contributed by atoms with Gasteiger partial charge in [0.25, 0.3) is 0 Å². The number of hydrogen-bond donors (Lipinski definition) is 1. The Morgan fingerprint density at radius 1 is 0.963 bits per heavy atom. The molecule has 150 valence electrons. The zero-order valence-corrected chi connectivity index (χ0v) is 20.5. The van der Waals surface area contributed by atoms with E-state index in [1.165, 1.54) is 21.2 Å². The third-order valence-corrected chi connectivity index (χ3v) is 5.54. The van der Waals surface area contributed by atoms with E-state index in [1.54, 1.807) is 0 Å². The fourth-order valence-corrected chi connectivity index (χ4v) is 3.38. The van der Waals surface area contributed by atoms with Gasteiger partial charge in [-0.1, -0.05) is 57.8 Å². The number of nitrogen functional groups attached to an aromatic ring is 1. The summed E-state index contributed by atoms with van der Waals surface area (Å²) in [5, 5.41) is 0. The summed E-state index contributed by atoms with van der Waals surface area (Å²) in [5.41, 5.74) is 10.5. The summed E-state index contributed by atoms with van der Waals surface area (Å²) in [5.74, 6) is 0.859. The average molecular weight is 540 g/mol. The fraction of sp³-hybridized carbons (Fsp3) is 0.381. The maximum Gasteiger partial charge on any atom is 0.134 e. The zero-order chi connectivity index (χ0) is 20.7. The van der Waals surface area contributed by atoms with Gasteiger partial charge in [-0.2, -0.15) is 0 Å². The molecule has 0 atom stereocenters. The van der Waals surface area contributed by atoms with Crippen LogP contribution >= 0.6 is 55.1 Å². The summed E-state index contributed by atoms with van der Waals surface area (Å²) in [4.78, 5) is 9.04. The maximum absolute atomic E-state index is 9.04. The molecule has 0 saturated carbocycles. The Hall–Kier alpha value is -0.550. The van der Waals surface area contributed by atoms with Crippen molar-refractivity contribution in [2.75, 3.05) is 17.5 Å². The van der Waals surface area contributed by atoms with Crippen LogP contribution in [0.2, 0.25) is 0 Å². The molecule has 2 aromatic rings. The normalized spacial score (nSPS) is 9.56. The Labute approximate surface area is 190 Å². The molecule has 0 spiro atoms. The largest absolute Gasteiger partial charge is 0.399 e. The van der Waals surface area contributed by atoms with Crippen LogP contribution in [-0.2, 0) is 24.1 Å². The number of aryl methyl sites for hydroxylation is 3. The smallest absolute Gasteiger partial charge is 0.134 e. The molecule has 2 N–H and O–H groups in total. The van der Waals surface area contributed by atoms with E-state index in [2.05, 4.69) is 63.9 Å². The van der Waals surface area contributed by atoms with Gasteiger partial charge in [-0.15, -0.1) is 23.2 Å². The molecule has 0 bridgehead atoms. The van der Waals surface area contributed by atoms with Crippen molar-refractivity contribution in [1.29, 1.82) is 0 Å². The molecule has 0 amide bonds. The SMILES string of the molecule is CCc1cc(CCCCl)ccc1Br.CCc1cc(N)ccc1Br.O=CCCl. The summed E-state index contributed by atoms with van der Waals surface area (Å²) in [6.45, 7) is 4.28. The number of rotatable bonds is 6. The second kappa shape index (κ2) is 16.4. The number of benzene rings is 2. The van der Waals surface area contributed by atoms with Crippen LogP contribution in [0.5, 0.6) is 0 Å². The molecule has 0 saturated heterocycles. The van der Waals surface area contributed by atoms with Gasteiger partial charge in [0.15, 0.2) is 0 Å². The van der Waals surface area contributed by atoms with Crippen LogP contribution in [0.15, 0.2) is 45.3 Å². The molecule has 0 aliphatic carbocycles. The quantitative estimate of drug-likeness (QED) is 0.239. The summed E-state index contributed by atoms with van der Waals surface area (Å²) in [6.07, 6.45) is 4.89. The standard InChI is InChI=1S/C11H14BrCl.C8H10BrN.C2H3ClO/c1-2-10-8-9(4-3-7-13)5-6-11(10)12;1-2-6-5-7(10)3-4-8(6)9;3-1-2-4/h5-6,8H,2-4,7H2,1H3;3-5H,2,10H2,1H3;2H,1H2.